The van der Waals surface area contributed by atoms with Crippen LogP contribution in [0, 0.1) is 0 Å². The van der Waals surface area contributed by atoms with Crippen molar-refractivity contribution >= 4 is 0 Å². The fourth-order valence-electron chi connectivity index (χ4n) is 0.858. The molecule has 0 saturated heterocycles. The topological polar surface area (TPSA) is 26.0 Å². The standard InChI is InChI=1S/C10H21N/c1-4-5-6-7-8-9-10(2,3)11/h6-7H,4-5,8-9,11H2,1-3H3/b7-6+. The van der Waals surface area contributed by atoms with Crippen LogP contribution in [0.3, 0.4) is 0 Å². The summed E-state index contributed by atoms with van der Waals surface area (Å²) in [4.78, 5) is 0. The Balaban J connectivity index is 3.27. The highest BCUT2D eigenvalue weighted by atomic mass is 14.7. The Morgan fingerprint density at radius 2 is 1.73 bits per heavy atom. The van der Waals surface area contributed by atoms with Crippen LogP contribution in [0.1, 0.15) is 46.5 Å². The van der Waals surface area contributed by atoms with Crippen LogP contribution in [0.25, 0.3) is 0 Å². The van der Waals surface area contributed by atoms with E-state index in [1.165, 1.54) is 12.8 Å². The van der Waals surface area contributed by atoms with Crippen molar-refractivity contribution in [3.63, 3.8) is 0 Å². The molecule has 0 saturated carbocycles. The van der Waals surface area contributed by atoms with Gasteiger partial charge in [-0.15, -0.1) is 0 Å². The quantitative estimate of drug-likeness (QED) is 0.607. The maximum Gasteiger partial charge on any atom is 0.01000 e. The van der Waals surface area contributed by atoms with E-state index in [4.69, 9.17) is 5.73 Å². The minimum Gasteiger partial charge on any atom is -0.326 e. The minimum atomic E-state index is -0.00342. The number of nitrogens with two attached hydrogens (primary N) is 1. The van der Waals surface area contributed by atoms with Gasteiger partial charge in [-0.05, 0) is 33.1 Å². The monoisotopic (exact) mass is 155 g/mol. The summed E-state index contributed by atoms with van der Waals surface area (Å²) in [6.07, 6.45) is 9.11. The summed E-state index contributed by atoms with van der Waals surface area (Å²) in [6.45, 7) is 6.33. The van der Waals surface area contributed by atoms with Crippen molar-refractivity contribution in [2.45, 2.75) is 52.0 Å². The van der Waals surface area contributed by atoms with Crippen LogP contribution in [0.15, 0.2) is 12.2 Å². The Morgan fingerprint density at radius 3 is 2.18 bits per heavy atom. The van der Waals surface area contributed by atoms with Crippen LogP contribution in [-0.2, 0) is 0 Å². The Morgan fingerprint density at radius 1 is 1.18 bits per heavy atom. The highest BCUT2D eigenvalue weighted by Crippen LogP contribution is 2.07. The maximum absolute atomic E-state index is 5.82. The zero-order chi connectivity index (χ0) is 8.74. The summed E-state index contributed by atoms with van der Waals surface area (Å²) >= 11 is 0. The average Bonchev–Trinajstić information content (AvgIpc) is 1.85. The molecule has 0 heterocycles. The lowest BCUT2D eigenvalue weighted by Gasteiger charge is -2.16. The van der Waals surface area contributed by atoms with Gasteiger partial charge in [0.1, 0.15) is 0 Å². The van der Waals surface area contributed by atoms with Crippen molar-refractivity contribution in [2.75, 3.05) is 0 Å². The second-order valence-corrected chi connectivity index (χ2v) is 3.79. The van der Waals surface area contributed by atoms with Crippen LogP contribution in [0.5, 0.6) is 0 Å². The number of hydrogen-bond donors (Lipinski definition) is 1. The maximum atomic E-state index is 5.82. The second kappa shape index (κ2) is 5.36. The Kier molecular flexibility index (Phi) is 5.22. The first-order valence-corrected chi connectivity index (χ1v) is 4.50. The average molecular weight is 155 g/mol. The van der Waals surface area contributed by atoms with Gasteiger partial charge >= 0.3 is 0 Å². The van der Waals surface area contributed by atoms with E-state index >= 15 is 0 Å². The molecule has 0 spiro atoms. The van der Waals surface area contributed by atoms with E-state index in [9.17, 15) is 0 Å². The third-order valence-electron chi connectivity index (χ3n) is 1.58. The number of allylic oxidation sites excluding steroid dienone is 2. The SMILES string of the molecule is CCC/C=C/CCC(C)(C)N. The molecule has 11 heavy (non-hydrogen) atoms. The van der Waals surface area contributed by atoms with Gasteiger partial charge in [0.2, 0.25) is 0 Å². The lowest BCUT2D eigenvalue weighted by molar-refractivity contribution is 0.481. The molecule has 0 aromatic carbocycles. The van der Waals surface area contributed by atoms with Gasteiger partial charge in [-0.2, -0.15) is 0 Å². The van der Waals surface area contributed by atoms with Gasteiger partial charge in [-0.25, -0.2) is 0 Å². The van der Waals surface area contributed by atoms with Gasteiger partial charge in [0.15, 0.2) is 0 Å². The van der Waals surface area contributed by atoms with Gasteiger partial charge in [-0.1, -0.05) is 25.5 Å². The van der Waals surface area contributed by atoms with Crippen LogP contribution < -0.4 is 5.73 Å². The van der Waals surface area contributed by atoms with E-state index in [2.05, 4.69) is 32.9 Å². The van der Waals surface area contributed by atoms with E-state index in [1.807, 2.05) is 0 Å². The third-order valence-corrected chi connectivity index (χ3v) is 1.58. The van der Waals surface area contributed by atoms with Crippen molar-refractivity contribution in [3.8, 4) is 0 Å². The van der Waals surface area contributed by atoms with Gasteiger partial charge in [0.25, 0.3) is 0 Å². The molecule has 0 radical (unpaired) electrons. The predicted molar refractivity (Wildman–Crippen MR) is 51.5 cm³/mol. The van der Waals surface area contributed by atoms with Gasteiger partial charge in [0, 0.05) is 5.54 Å². The lowest BCUT2D eigenvalue weighted by atomic mass is 10.00. The molecule has 0 amide bonds. The molecule has 0 aromatic heterocycles. The fraction of sp³-hybridized carbons (Fsp3) is 0.800. The summed E-state index contributed by atoms with van der Waals surface area (Å²) < 4.78 is 0. The van der Waals surface area contributed by atoms with E-state index in [1.54, 1.807) is 0 Å². The first-order chi connectivity index (χ1) is 5.06. The molecule has 0 rings (SSSR count). The highest BCUT2D eigenvalue weighted by Gasteiger charge is 2.07. The molecule has 1 nitrogen and oxygen atoms in total. The summed E-state index contributed by atoms with van der Waals surface area (Å²) in [5.74, 6) is 0. The number of hydrogen-bond acceptors (Lipinski definition) is 1. The predicted octanol–water partition coefficient (Wildman–Crippen LogP) is 2.86. The highest BCUT2D eigenvalue weighted by molar-refractivity contribution is 4.84. The van der Waals surface area contributed by atoms with E-state index in [0.29, 0.717) is 0 Å². The molecule has 1 heteroatoms. The first-order valence-electron chi connectivity index (χ1n) is 4.50. The van der Waals surface area contributed by atoms with Crippen molar-refractivity contribution in [3.05, 3.63) is 12.2 Å². The van der Waals surface area contributed by atoms with Crippen molar-refractivity contribution in [1.82, 2.24) is 0 Å². The lowest BCUT2D eigenvalue weighted by Crippen LogP contribution is -2.31. The molecule has 0 aliphatic carbocycles. The zero-order valence-electron chi connectivity index (χ0n) is 8.06. The molecule has 0 aliphatic heterocycles. The van der Waals surface area contributed by atoms with Crippen LogP contribution in [0.4, 0.5) is 0 Å². The Bertz CT molecular complexity index is 109. The molecule has 66 valence electrons. The molecule has 0 bridgehead atoms. The van der Waals surface area contributed by atoms with Crippen molar-refractivity contribution in [2.24, 2.45) is 5.73 Å². The van der Waals surface area contributed by atoms with E-state index < -0.39 is 0 Å². The molecule has 0 unspecified atom stereocenters. The molecule has 2 N–H and O–H groups in total. The fourth-order valence-corrected chi connectivity index (χ4v) is 0.858. The van der Waals surface area contributed by atoms with Gasteiger partial charge < -0.3 is 5.73 Å². The summed E-state index contributed by atoms with van der Waals surface area (Å²) in [5, 5.41) is 0. The van der Waals surface area contributed by atoms with E-state index in [-0.39, 0.29) is 5.54 Å². The first kappa shape index (κ1) is 10.7. The summed E-state index contributed by atoms with van der Waals surface area (Å²) in [7, 11) is 0. The van der Waals surface area contributed by atoms with Crippen molar-refractivity contribution in [1.29, 1.82) is 0 Å². The van der Waals surface area contributed by atoms with Gasteiger partial charge in [-0.3, -0.25) is 0 Å². The molecule has 0 aromatic rings. The molecule has 0 aliphatic rings. The van der Waals surface area contributed by atoms with Crippen molar-refractivity contribution < 1.29 is 0 Å². The smallest absolute Gasteiger partial charge is 0.01000 e. The third kappa shape index (κ3) is 9.70. The van der Waals surface area contributed by atoms with Crippen LogP contribution in [-0.4, -0.2) is 5.54 Å². The summed E-state index contributed by atoms with van der Waals surface area (Å²) in [6, 6.07) is 0. The Labute approximate surface area is 70.7 Å². The Hall–Kier alpha value is -0.300. The van der Waals surface area contributed by atoms with Gasteiger partial charge in [0.05, 0.1) is 0 Å². The van der Waals surface area contributed by atoms with Crippen LogP contribution in [0.2, 0.25) is 0 Å². The van der Waals surface area contributed by atoms with E-state index in [0.717, 1.165) is 12.8 Å². The minimum absolute atomic E-state index is 0.00342. The molecule has 0 fully saturated rings. The molecule has 0 atom stereocenters. The van der Waals surface area contributed by atoms with Crippen LogP contribution >= 0.6 is 0 Å². The molecular weight excluding hydrogens is 134 g/mol. The number of rotatable bonds is 5. The normalized spacial score (nSPS) is 12.7. The zero-order valence-corrected chi connectivity index (χ0v) is 8.06. The summed E-state index contributed by atoms with van der Waals surface area (Å²) in [5.41, 5.74) is 5.81. The second-order valence-electron chi connectivity index (χ2n) is 3.79. The number of unbranched alkanes of at least 4 members (excludes halogenated alkanes) is 1. The molecular formula is C10H21N. The largest absolute Gasteiger partial charge is 0.326 e.